The third kappa shape index (κ3) is 31.9. The predicted octanol–water partition coefficient (Wildman–Crippen LogP) is -0.781. The van der Waals surface area contributed by atoms with Crippen molar-refractivity contribution in [1.29, 1.82) is 0 Å². The molecule has 0 radical (unpaired) electrons. The van der Waals surface area contributed by atoms with E-state index in [4.69, 9.17) is 0 Å². The molecule has 0 amide bonds. The third-order valence-electron chi connectivity index (χ3n) is 0.907. The van der Waals surface area contributed by atoms with Crippen LogP contribution in [-0.4, -0.2) is 22.5 Å². The van der Waals surface area contributed by atoms with Crippen molar-refractivity contribution < 1.29 is 54.9 Å². The van der Waals surface area contributed by atoms with Gasteiger partial charge in [0.1, 0.15) is 0 Å². The van der Waals surface area contributed by atoms with Crippen LogP contribution < -0.4 is 19.6 Å². The molecule has 0 heterocycles. The van der Waals surface area contributed by atoms with Crippen LogP contribution >= 0.6 is 38.7 Å². The van der Waals surface area contributed by atoms with Gasteiger partial charge in [-0.25, -0.2) is 0 Å². The van der Waals surface area contributed by atoms with Crippen LogP contribution in [0.25, 0.3) is 0 Å². The quantitative estimate of drug-likeness (QED) is 0.532. The zero-order chi connectivity index (χ0) is 13.2. The summed E-state index contributed by atoms with van der Waals surface area (Å²) in [6.07, 6.45) is 0. The minimum Gasteiger partial charge on any atom is -0.810 e. The van der Waals surface area contributed by atoms with Crippen molar-refractivity contribution in [2.75, 3.05) is 22.5 Å². The number of hydrogen-bond acceptors (Lipinski definition) is 8. The average molecular weight is 399 g/mol. The van der Waals surface area contributed by atoms with Crippen LogP contribution in [0.3, 0.4) is 0 Å². The summed E-state index contributed by atoms with van der Waals surface area (Å²) >= 11 is 2.25. The molecule has 0 spiro atoms. The maximum atomic E-state index is 9.84. The Morgan fingerprint density at radius 2 is 1.06 bits per heavy atom. The van der Waals surface area contributed by atoms with E-state index in [1.165, 1.54) is 0 Å². The molecule has 0 aromatic carbocycles. The summed E-state index contributed by atoms with van der Waals surface area (Å²) in [7, 11) is -8.44. The van der Waals surface area contributed by atoms with E-state index < -0.39 is 15.2 Å². The fourth-order valence-corrected chi connectivity index (χ4v) is 3.66. The minimum absolute atomic E-state index is 0. The molecule has 0 aliphatic carbocycles. The molecule has 0 aliphatic rings. The fourth-order valence-electron chi connectivity index (χ4n) is 0.406. The van der Waals surface area contributed by atoms with Crippen molar-refractivity contribution in [3.63, 3.8) is 0 Å². The van der Waals surface area contributed by atoms with Crippen LogP contribution in [0, 0.1) is 0 Å². The molecule has 11 heteroatoms. The van der Waals surface area contributed by atoms with Crippen LogP contribution in [-0.2, 0) is 35.3 Å². The summed E-state index contributed by atoms with van der Waals surface area (Å²) in [6.45, 7) is 3.61. The van der Waals surface area contributed by atoms with E-state index in [1.807, 2.05) is 0 Å². The average Bonchev–Trinajstić information content (AvgIpc) is 2.10. The topological polar surface area (TPSA) is 126 Å². The van der Waals surface area contributed by atoms with Crippen molar-refractivity contribution in [3.8, 4) is 0 Å². The van der Waals surface area contributed by atoms with Crippen LogP contribution in [0.5, 0.6) is 0 Å². The van der Waals surface area contributed by atoms with Crippen LogP contribution in [0.4, 0.5) is 0 Å². The standard InChI is InChI=1S/2C3H9O3PS.Zr/c2*1-2-8-3-7(4,5)6;/h2*2-3H2,1H3,(H2,4,5,6);/q;;+4/p-4. The van der Waals surface area contributed by atoms with Gasteiger partial charge in [0.05, 0.1) is 0 Å². The number of hydrogen-bond donors (Lipinski definition) is 0. The maximum Gasteiger partial charge on any atom is 4.00 e. The molecule has 0 fully saturated rings. The van der Waals surface area contributed by atoms with Crippen molar-refractivity contribution in [2.45, 2.75) is 13.8 Å². The summed E-state index contributed by atoms with van der Waals surface area (Å²) in [5.41, 5.74) is -0.549. The second kappa shape index (κ2) is 12.9. The minimum atomic E-state index is -4.22. The summed E-state index contributed by atoms with van der Waals surface area (Å²) in [5.74, 6) is 1.35. The second-order valence-electron chi connectivity index (χ2n) is 2.47. The van der Waals surface area contributed by atoms with E-state index in [1.54, 1.807) is 13.8 Å². The second-order valence-corrected chi connectivity index (χ2v) is 8.95. The Bertz CT molecular complexity index is 229. The van der Waals surface area contributed by atoms with E-state index in [2.05, 4.69) is 0 Å². The molecule has 17 heavy (non-hydrogen) atoms. The molecule has 0 atom stereocenters. The van der Waals surface area contributed by atoms with Gasteiger partial charge >= 0.3 is 26.2 Å². The Hall–Kier alpha value is 1.88. The maximum absolute atomic E-state index is 9.84. The first-order valence-electron chi connectivity index (χ1n) is 4.30. The van der Waals surface area contributed by atoms with Crippen LogP contribution in [0.15, 0.2) is 0 Å². The summed E-state index contributed by atoms with van der Waals surface area (Å²) in [4.78, 5) is 39.4. The van der Waals surface area contributed by atoms with Gasteiger partial charge in [-0.2, -0.15) is 23.5 Å². The zero-order valence-corrected chi connectivity index (χ0v) is 15.4. The first-order chi connectivity index (χ1) is 7.12. The molecule has 0 unspecified atom stereocenters. The zero-order valence-electron chi connectivity index (χ0n) is 9.49. The Kier molecular flexibility index (Phi) is 18.2. The van der Waals surface area contributed by atoms with Gasteiger partial charge in [0.15, 0.2) is 0 Å². The molecule has 0 saturated heterocycles. The first kappa shape index (κ1) is 23.9. The summed E-state index contributed by atoms with van der Waals surface area (Å²) in [6, 6.07) is 0. The predicted molar refractivity (Wildman–Crippen MR) is 61.2 cm³/mol. The van der Waals surface area contributed by atoms with E-state index in [0.29, 0.717) is 11.5 Å². The Morgan fingerprint density at radius 3 is 1.12 bits per heavy atom. The molecule has 6 nitrogen and oxygen atoms in total. The molecule has 0 saturated carbocycles. The van der Waals surface area contributed by atoms with Crippen molar-refractivity contribution >= 4 is 38.7 Å². The van der Waals surface area contributed by atoms with Crippen molar-refractivity contribution in [3.05, 3.63) is 0 Å². The van der Waals surface area contributed by atoms with E-state index >= 15 is 0 Å². The SMILES string of the molecule is CCSCP(=O)([O-])[O-].CCSCP(=O)([O-])[O-].[Zr+4]. The molecule has 100 valence electrons. The van der Waals surface area contributed by atoms with Gasteiger partial charge in [0.25, 0.3) is 0 Å². The largest absolute Gasteiger partial charge is 4.00 e. The van der Waals surface area contributed by atoms with Crippen LogP contribution in [0.1, 0.15) is 13.8 Å². The summed E-state index contributed by atoms with van der Waals surface area (Å²) < 4.78 is 19.7. The molecular weight excluding hydrogens is 385 g/mol. The van der Waals surface area contributed by atoms with Gasteiger partial charge < -0.3 is 28.7 Å². The molecule has 0 bridgehead atoms. The smallest absolute Gasteiger partial charge is 0.810 e. The van der Waals surface area contributed by atoms with E-state index in [9.17, 15) is 28.7 Å². The molecular formula is C6H14O6P2S2Zr. The molecule has 0 aromatic rings. The molecule has 0 aromatic heterocycles. The monoisotopic (exact) mass is 398 g/mol. The Balaban J connectivity index is -0.000000218. The molecule has 0 rings (SSSR count). The van der Waals surface area contributed by atoms with Crippen molar-refractivity contribution in [1.82, 2.24) is 0 Å². The van der Waals surface area contributed by atoms with Gasteiger partial charge in [-0.3, -0.25) is 0 Å². The van der Waals surface area contributed by atoms with Gasteiger partial charge in [-0.15, -0.1) is 0 Å². The third-order valence-corrected chi connectivity index (χ3v) is 5.71. The van der Waals surface area contributed by atoms with Gasteiger partial charge in [0.2, 0.25) is 0 Å². The summed E-state index contributed by atoms with van der Waals surface area (Å²) in [5, 5.41) is 0. The molecule has 0 aliphatic heterocycles. The van der Waals surface area contributed by atoms with E-state index in [-0.39, 0.29) is 37.2 Å². The molecule has 0 N–H and O–H groups in total. The normalized spacial score (nSPS) is 11.2. The van der Waals surface area contributed by atoms with Gasteiger partial charge in [0, 0.05) is 11.0 Å². The van der Waals surface area contributed by atoms with Crippen LogP contribution in [0.2, 0.25) is 0 Å². The number of thioether (sulfide) groups is 2. The fraction of sp³-hybridized carbons (Fsp3) is 1.00. The van der Waals surface area contributed by atoms with Gasteiger partial charge in [-0.1, -0.05) is 29.0 Å². The first-order valence-corrected chi connectivity index (χ1v) is 10.1. The van der Waals surface area contributed by atoms with Gasteiger partial charge in [-0.05, 0) is 11.5 Å². The van der Waals surface area contributed by atoms with E-state index in [0.717, 1.165) is 23.5 Å². The number of rotatable bonds is 6. The van der Waals surface area contributed by atoms with Crippen molar-refractivity contribution in [2.24, 2.45) is 0 Å². The Morgan fingerprint density at radius 1 is 0.824 bits per heavy atom. The Labute approximate surface area is 129 Å².